The molecule has 0 unspecified atom stereocenters. The molecule has 3 rings (SSSR count). The molecule has 0 atom stereocenters. The molecule has 0 saturated heterocycles. The minimum Gasteiger partial charge on any atom is -0.413 e. The maximum absolute atomic E-state index is 5.89. The van der Waals surface area contributed by atoms with E-state index in [0.717, 1.165) is 16.7 Å². The molecule has 1 aliphatic rings. The largest absolute Gasteiger partial charge is 0.449 e. The van der Waals surface area contributed by atoms with E-state index in [1.807, 2.05) is 31.2 Å². The summed E-state index contributed by atoms with van der Waals surface area (Å²) < 4.78 is 11.7. The Kier molecular flexibility index (Phi) is 4.04. The number of hydrogen-bond acceptors (Lipinski definition) is 3. The summed E-state index contributed by atoms with van der Waals surface area (Å²) in [5, 5.41) is 3.49. The molecule has 0 bridgehead atoms. The monoisotopic (exact) mass is 267 g/mol. The second-order valence-corrected chi connectivity index (χ2v) is 4.83. The molecule has 2 aromatic carbocycles. The van der Waals surface area contributed by atoms with E-state index in [9.17, 15) is 0 Å². The topological polar surface area (TPSA) is 30.5 Å². The van der Waals surface area contributed by atoms with Gasteiger partial charge in [-0.05, 0) is 29.6 Å². The van der Waals surface area contributed by atoms with E-state index in [0.29, 0.717) is 19.8 Å². The third-order valence-corrected chi connectivity index (χ3v) is 3.49. The second-order valence-electron chi connectivity index (χ2n) is 4.83. The van der Waals surface area contributed by atoms with Crippen molar-refractivity contribution in [2.45, 2.75) is 20.1 Å². The van der Waals surface area contributed by atoms with E-state index < -0.39 is 0 Å². The molecule has 3 nitrogen and oxygen atoms in total. The third kappa shape index (κ3) is 2.71. The van der Waals surface area contributed by atoms with E-state index in [-0.39, 0.29) is 7.05 Å². The smallest absolute Gasteiger partial charge is 0.413 e. The average molecular weight is 267 g/mol. The zero-order chi connectivity index (χ0) is 13.8. The Morgan fingerprint density at radius 2 is 1.75 bits per heavy atom. The van der Waals surface area contributed by atoms with Crippen LogP contribution in [0.15, 0.2) is 48.5 Å². The Morgan fingerprint density at radius 3 is 2.60 bits per heavy atom. The highest BCUT2D eigenvalue weighted by atomic mass is 16.5. The summed E-state index contributed by atoms with van der Waals surface area (Å²) in [6.45, 7) is 3.89. The Labute approximate surface area is 120 Å². The van der Waals surface area contributed by atoms with Crippen molar-refractivity contribution in [2.24, 2.45) is 0 Å². The van der Waals surface area contributed by atoms with Crippen molar-refractivity contribution in [3.8, 4) is 0 Å². The van der Waals surface area contributed by atoms with Crippen LogP contribution in [0, 0.1) is 0 Å². The van der Waals surface area contributed by atoms with Crippen LogP contribution in [0.5, 0.6) is 0 Å². The second kappa shape index (κ2) is 6.12. The fraction of sp³-hybridized carbons (Fsp3) is 0.250. The van der Waals surface area contributed by atoms with Gasteiger partial charge < -0.3 is 14.6 Å². The predicted molar refractivity (Wildman–Crippen MR) is 82.0 cm³/mol. The number of benzene rings is 2. The first kappa shape index (κ1) is 13.2. The summed E-state index contributed by atoms with van der Waals surface area (Å²) in [7, 11) is -0.140. The maximum Gasteiger partial charge on any atom is 0.449 e. The molecule has 102 valence electrons. The van der Waals surface area contributed by atoms with E-state index in [4.69, 9.17) is 9.39 Å². The molecule has 0 aliphatic carbocycles. The van der Waals surface area contributed by atoms with Crippen LogP contribution in [-0.4, -0.2) is 13.7 Å². The molecule has 0 amide bonds. The molecule has 0 spiro atoms. The minimum atomic E-state index is -0.140. The molecule has 0 saturated carbocycles. The molecule has 20 heavy (non-hydrogen) atoms. The molecular weight excluding hydrogens is 249 g/mol. The Balaban J connectivity index is 2.01. The van der Waals surface area contributed by atoms with Crippen LogP contribution >= 0.6 is 0 Å². The van der Waals surface area contributed by atoms with E-state index in [2.05, 4.69) is 29.5 Å². The number of ether oxygens (including phenoxy) is 1. The van der Waals surface area contributed by atoms with Gasteiger partial charge in [0.15, 0.2) is 0 Å². The van der Waals surface area contributed by atoms with Crippen molar-refractivity contribution in [1.82, 2.24) is 0 Å². The SMILES string of the molecule is CCOB1Nc2ccccc2COCc2ccccc21. The molecule has 4 heteroatoms. The molecule has 0 aromatic heterocycles. The molecule has 1 heterocycles. The van der Waals surface area contributed by atoms with Gasteiger partial charge in [-0.3, -0.25) is 0 Å². The number of rotatable bonds is 2. The van der Waals surface area contributed by atoms with E-state index >= 15 is 0 Å². The van der Waals surface area contributed by atoms with Crippen LogP contribution in [0.1, 0.15) is 18.1 Å². The predicted octanol–water partition coefficient (Wildman–Crippen LogP) is 2.56. The lowest BCUT2D eigenvalue weighted by molar-refractivity contribution is 0.108. The highest BCUT2D eigenvalue weighted by Gasteiger charge is 2.24. The molecule has 0 fully saturated rings. The van der Waals surface area contributed by atoms with Crippen LogP contribution in [0.2, 0.25) is 0 Å². The van der Waals surface area contributed by atoms with Crippen molar-refractivity contribution in [3.05, 3.63) is 59.7 Å². The highest BCUT2D eigenvalue weighted by Crippen LogP contribution is 2.19. The van der Waals surface area contributed by atoms with Crippen molar-refractivity contribution >= 4 is 18.2 Å². The molecule has 2 aromatic rings. The zero-order valence-electron chi connectivity index (χ0n) is 11.6. The third-order valence-electron chi connectivity index (χ3n) is 3.49. The zero-order valence-corrected chi connectivity index (χ0v) is 11.6. The van der Waals surface area contributed by atoms with Gasteiger partial charge in [-0.25, -0.2) is 0 Å². The molecular formula is C16H18BNO2. The molecule has 1 N–H and O–H groups in total. The van der Waals surface area contributed by atoms with Gasteiger partial charge in [-0.2, -0.15) is 0 Å². The molecule has 1 aliphatic heterocycles. The summed E-state index contributed by atoms with van der Waals surface area (Å²) >= 11 is 0. The van der Waals surface area contributed by atoms with Gasteiger partial charge >= 0.3 is 7.05 Å². The van der Waals surface area contributed by atoms with Gasteiger partial charge in [0.1, 0.15) is 0 Å². The average Bonchev–Trinajstić information content (AvgIpc) is 2.55. The number of anilines is 1. The van der Waals surface area contributed by atoms with Crippen LogP contribution in [0.4, 0.5) is 5.69 Å². The quantitative estimate of drug-likeness (QED) is 0.848. The minimum absolute atomic E-state index is 0.140. The van der Waals surface area contributed by atoms with Gasteiger partial charge in [0.2, 0.25) is 0 Å². The lowest BCUT2D eigenvalue weighted by atomic mass is 9.70. The van der Waals surface area contributed by atoms with Crippen LogP contribution in [0.3, 0.4) is 0 Å². The standard InChI is InChI=1S/C16H18BNO2/c1-2-20-17-15-9-5-3-7-13(15)11-19-12-14-8-4-6-10-16(14)18-17/h3-10,18H,2,11-12H2,1H3. The van der Waals surface area contributed by atoms with Crippen molar-refractivity contribution in [3.63, 3.8) is 0 Å². The van der Waals surface area contributed by atoms with Crippen molar-refractivity contribution in [2.75, 3.05) is 11.8 Å². The number of hydrogen-bond donors (Lipinski definition) is 1. The normalized spacial score (nSPS) is 14.3. The molecule has 0 radical (unpaired) electrons. The number of fused-ring (bicyclic) bond motifs is 2. The van der Waals surface area contributed by atoms with Crippen LogP contribution < -0.4 is 10.7 Å². The fourth-order valence-corrected chi connectivity index (χ4v) is 2.50. The number of nitrogens with one attached hydrogen (secondary N) is 1. The summed E-state index contributed by atoms with van der Waals surface area (Å²) in [6, 6.07) is 16.5. The van der Waals surface area contributed by atoms with E-state index in [1.54, 1.807) is 0 Å². The van der Waals surface area contributed by atoms with Crippen LogP contribution in [-0.2, 0) is 22.6 Å². The van der Waals surface area contributed by atoms with Crippen molar-refractivity contribution in [1.29, 1.82) is 0 Å². The first-order valence-electron chi connectivity index (χ1n) is 7.00. The Bertz CT molecular complexity index is 588. The first-order chi connectivity index (χ1) is 9.88. The van der Waals surface area contributed by atoms with Gasteiger partial charge in [-0.15, -0.1) is 0 Å². The summed E-state index contributed by atoms with van der Waals surface area (Å²) in [6.07, 6.45) is 0. The lowest BCUT2D eigenvalue weighted by Gasteiger charge is -2.18. The maximum atomic E-state index is 5.89. The summed E-state index contributed by atoms with van der Waals surface area (Å²) in [5.74, 6) is 0. The number of para-hydroxylation sites is 1. The van der Waals surface area contributed by atoms with Crippen molar-refractivity contribution < 1.29 is 9.39 Å². The van der Waals surface area contributed by atoms with Gasteiger partial charge in [0.05, 0.1) is 13.2 Å². The van der Waals surface area contributed by atoms with Gasteiger partial charge in [0.25, 0.3) is 0 Å². The Morgan fingerprint density at radius 1 is 1.05 bits per heavy atom. The Hall–Kier alpha value is -1.78. The summed E-state index contributed by atoms with van der Waals surface area (Å²) in [4.78, 5) is 0. The van der Waals surface area contributed by atoms with E-state index in [1.165, 1.54) is 5.56 Å². The lowest BCUT2D eigenvalue weighted by Crippen LogP contribution is -2.43. The fourth-order valence-electron chi connectivity index (χ4n) is 2.50. The van der Waals surface area contributed by atoms with Gasteiger partial charge in [-0.1, -0.05) is 42.5 Å². The first-order valence-corrected chi connectivity index (χ1v) is 7.00. The van der Waals surface area contributed by atoms with Gasteiger partial charge in [0, 0.05) is 12.3 Å². The van der Waals surface area contributed by atoms with Crippen LogP contribution in [0.25, 0.3) is 0 Å². The highest BCUT2D eigenvalue weighted by molar-refractivity contribution is 6.71. The summed E-state index contributed by atoms with van der Waals surface area (Å²) in [5.41, 5.74) is 4.55.